The van der Waals surface area contributed by atoms with Gasteiger partial charge in [0.05, 0.1) is 17.6 Å². The standard InChI is InChI=1S/C30H36ClN3O3/c1-20-5-3-6-21(15-20)22-16-23(17-22)34-13-4-10-30(11-14-34,29(35)36)33-12-9-25-26-18-24(37-2)7-8-28(26)32-19-27(25)31/h3,5-8,15,18-19,22-23,33H,4,9-14,16-17H2,1-2H3,(H,35,36). The zero-order valence-corrected chi connectivity index (χ0v) is 22.4. The van der Waals surface area contributed by atoms with Crippen molar-refractivity contribution in [2.24, 2.45) is 0 Å². The number of ether oxygens (including phenoxy) is 1. The second kappa shape index (κ2) is 11.0. The molecule has 6 nitrogen and oxygen atoms in total. The number of nitrogens with one attached hydrogen (secondary N) is 1. The molecule has 3 aromatic rings. The lowest BCUT2D eigenvalue weighted by Gasteiger charge is -2.43. The van der Waals surface area contributed by atoms with Crippen LogP contribution < -0.4 is 10.1 Å². The van der Waals surface area contributed by atoms with Gasteiger partial charge in [0, 0.05) is 30.7 Å². The first-order valence-corrected chi connectivity index (χ1v) is 13.7. The second-order valence-corrected chi connectivity index (χ2v) is 11.1. The molecule has 2 N–H and O–H groups in total. The number of carboxylic acid groups (broad SMARTS) is 1. The average molecular weight is 522 g/mol. The van der Waals surface area contributed by atoms with Crippen LogP contribution in [0, 0.1) is 6.92 Å². The van der Waals surface area contributed by atoms with Crippen LogP contribution in [0.5, 0.6) is 5.75 Å². The SMILES string of the molecule is COc1ccc2ncc(Cl)c(CCNC3(C(=O)O)CCCN(C4CC(c5cccc(C)c5)C4)CC3)c2c1. The number of hydrogen-bond donors (Lipinski definition) is 2. The quantitative estimate of drug-likeness (QED) is 0.402. The van der Waals surface area contributed by atoms with Gasteiger partial charge in [-0.25, -0.2) is 0 Å². The van der Waals surface area contributed by atoms with Gasteiger partial charge in [0.25, 0.3) is 0 Å². The van der Waals surface area contributed by atoms with Crippen LogP contribution >= 0.6 is 11.6 Å². The lowest BCUT2D eigenvalue weighted by molar-refractivity contribution is -0.145. The molecule has 0 amide bonds. The van der Waals surface area contributed by atoms with Crippen LogP contribution in [0.25, 0.3) is 10.9 Å². The minimum Gasteiger partial charge on any atom is -0.497 e. The third kappa shape index (κ3) is 5.47. The molecule has 2 fully saturated rings. The van der Waals surface area contributed by atoms with Crippen molar-refractivity contribution in [2.75, 3.05) is 26.7 Å². The first-order valence-electron chi connectivity index (χ1n) is 13.3. The van der Waals surface area contributed by atoms with E-state index in [0.717, 1.165) is 54.6 Å². The van der Waals surface area contributed by atoms with E-state index in [2.05, 4.69) is 46.4 Å². The Morgan fingerprint density at radius 2 is 2.05 bits per heavy atom. The number of nitrogens with zero attached hydrogens (tertiary/aromatic N) is 2. The summed E-state index contributed by atoms with van der Waals surface area (Å²) >= 11 is 6.53. The first kappa shape index (κ1) is 26.0. The van der Waals surface area contributed by atoms with Gasteiger partial charge in [-0.05, 0) is 87.2 Å². The molecule has 2 heterocycles. The van der Waals surface area contributed by atoms with E-state index in [9.17, 15) is 9.90 Å². The number of benzene rings is 2. The molecule has 5 rings (SSSR count). The van der Waals surface area contributed by atoms with Crippen LogP contribution in [0.1, 0.15) is 54.7 Å². The fourth-order valence-electron chi connectivity index (χ4n) is 6.08. The predicted octanol–water partition coefficient (Wildman–Crippen LogP) is 5.59. The van der Waals surface area contributed by atoms with E-state index < -0.39 is 11.5 Å². The van der Waals surface area contributed by atoms with Gasteiger partial charge in [-0.1, -0.05) is 41.4 Å². The van der Waals surface area contributed by atoms with Crippen molar-refractivity contribution in [2.45, 2.75) is 62.9 Å². The summed E-state index contributed by atoms with van der Waals surface area (Å²) < 4.78 is 5.39. The number of hydrogen-bond acceptors (Lipinski definition) is 5. The molecule has 1 atom stereocenters. The Morgan fingerprint density at radius 1 is 1.22 bits per heavy atom. The predicted molar refractivity (Wildman–Crippen MR) is 148 cm³/mol. The number of likely N-dealkylation sites (tertiary alicyclic amines) is 1. The summed E-state index contributed by atoms with van der Waals surface area (Å²) in [5.41, 5.74) is 3.65. The summed E-state index contributed by atoms with van der Waals surface area (Å²) in [7, 11) is 1.64. The van der Waals surface area contributed by atoms with Crippen LogP contribution in [0.2, 0.25) is 5.02 Å². The summed E-state index contributed by atoms with van der Waals surface area (Å²) in [5.74, 6) is 0.610. The number of carbonyl (C=O) groups is 1. The molecule has 2 aromatic carbocycles. The largest absolute Gasteiger partial charge is 0.497 e. The van der Waals surface area contributed by atoms with Gasteiger partial charge in [-0.15, -0.1) is 0 Å². The van der Waals surface area contributed by atoms with Crippen LogP contribution in [-0.2, 0) is 11.2 Å². The van der Waals surface area contributed by atoms with Crippen molar-refractivity contribution in [3.8, 4) is 5.75 Å². The highest BCUT2D eigenvalue weighted by molar-refractivity contribution is 6.32. The lowest BCUT2D eigenvalue weighted by Crippen LogP contribution is -2.53. The van der Waals surface area contributed by atoms with Gasteiger partial charge in [0.2, 0.25) is 0 Å². The van der Waals surface area contributed by atoms with E-state index in [1.807, 2.05) is 18.2 Å². The van der Waals surface area contributed by atoms with Crippen LogP contribution in [0.15, 0.2) is 48.7 Å². The number of carboxylic acids is 1. The first-order chi connectivity index (χ1) is 17.9. The number of aryl methyl sites for hydroxylation is 1. The van der Waals surface area contributed by atoms with Crippen molar-refractivity contribution in [3.05, 3.63) is 70.4 Å². The number of halogens is 1. The smallest absolute Gasteiger partial charge is 0.323 e. The topological polar surface area (TPSA) is 74.7 Å². The molecule has 1 aliphatic heterocycles. The monoisotopic (exact) mass is 521 g/mol. The van der Waals surface area contributed by atoms with Gasteiger partial charge in [0.1, 0.15) is 11.3 Å². The van der Waals surface area contributed by atoms with Gasteiger partial charge >= 0.3 is 5.97 Å². The van der Waals surface area contributed by atoms with Crippen molar-refractivity contribution >= 4 is 28.5 Å². The summed E-state index contributed by atoms with van der Waals surface area (Å²) in [6.45, 7) is 4.44. The van der Waals surface area contributed by atoms with E-state index in [4.69, 9.17) is 16.3 Å². The third-order valence-electron chi connectivity index (χ3n) is 8.40. The maximum Gasteiger partial charge on any atom is 0.323 e. The molecule has 37 heavy (non-hydrogen) atoms. The van der Waals surface area contributed by atoms with E-state index in [1.54, 1.807) is 13.3 Å². The van der Waals surface area contributed by atoms with Crippen molar-refractivity contribution in [3.63, 3.8) is 0 Å². The Hall–Kier alpha value is -2.67. The minimum atomic E-state index is -0.915. The third-order valence-corrected chi connectivity index (χ3v) is 8.73. The maximum atomic E-state index is 12.5. The van der Waals surface area contributed by atoms with Crippen LogP contribution in [0.3, 0.4) is 0 Å². The fourth-order valence-corrected chi connectivity index (χ4v) is 6.32. The summed E-state index contributed by atoms with van der Waals surface area (Å²) in [5, 5.41) is 15.3. The van der Waals surface area contributed by atoms with E-state index in [1.165, 1.54) is 11.1 Å². The Balaban J connectivity index is 1.22. The number of pyridine rings is 1. The Labute approximate surface area is 224 Å². The Bertz CT molecular complexity index is 1280. The van der Waals surface area contributed by atoms with Crippen molar-refractivity contribution in [1.82, 2.24) is 15.2 Å². The molecule has 1 saturated heterocycles. The highest BCUT2D eigenvalue weighted by Gasteiger charge is 2.42. The zero-order valence-electron chi connectivity index (χ0n) is 21.7. The maximum absolute atomic E-state index is 12.5. The van der Waals surface area contributed by atoms with E-state index in [-0.39, 0.29) is 0 Å². The van der Waals surface area contributed by atoms with Gasteiger partial charge in [0.15, 0.2) is 0 Å². The van der Waals surface area contributed by atoms with Gasteiger partial charge < -0.3 is 20.1 Å². The molecule has 0 radical (unpaired) electrons. The highest BCUT2D eigenvalue weighted by Crippen LogP contribution is 2.41. The summed E-state index contributed by atoms with van der Waals surface area (Å²) in [6.07, 6.45) is 6.72. The van der Waals surface area contributed by atoms with Gasteiger partial charge in [-0.2, -0.15) is 0 Å². The number of aliphatic carboxylic acids is 1. The highest BCUT2D eigenvalue weighted by atomic mass is 35.5. The normalized spacial score (nSPS) is 24.4. The van der Waals surface area contributed by atoms with Crippen molar-refractivity contribution in [1.29, 1.82) is 0 Å². The summed E-state index contributed by atoms with van der Waals surface area (Å²) in [6, 6.07) is 15.1. The fraction of sp³-hybridized carbons (Fsp3) is 0.467. The number of aromatic nitrogens is 1. The second-order valence-electron chi connectivity index (χ2n) is 10.7. The molecule has 1 aromatic heterocycles. The zero-order chi connectivity index (χ0) is 26.0. The Kier molecular flexibility index (Phi) is 7.70. The van der Waals surface area contributed by atoms with Crippen molar-refractivity contribution < 1.29 is 14.6 Å². The Morgan fingerprint density at radius 3 is 2.81 bits per heavy atom. The van der Waals surface area contributed by atoms with E-state index in [0.29, 0.717) is 42.8 Å². The molecule has 0 spiro atoms. The molecule has 1 saturated carbocycles. The lowest BCUT2D eigenvalue weighted by atomic mass is 9.74. The average Bonchev–Trinajstić information content (AvgIpc) is 3.08. The number of rotatable bonds is 8. The molecule has 2 aliphatic rings. The molecule has 1 unspecified atom stereocenters. The van der Waals surface area contributed by atoms with Crippen LogP contribution in [0.4, 0.5) is 0 Å². The van der Waals surface area contributed by atoms with E-state index >= 15 is 0 Å². The number of fused-ring (bicyclic) bond motifs is 1. The molecule has 0 bridgehead atoms. The molecule has 1 aliphatic carbocycles. The van der Waals surface area contributed by atoms with Crippen LogP contribution in [-0.4, -0.2) is 59.3 Å². The molecular weight excluding hydrogens is 486 g/mol. The molecular formula is C30H36ClN3O3. The summed E-state index contributed by atoms with van der Waals surface area (Å²) in [4.78, 5) is 19.5. The van der Waals surface area contributed by atoms with Gasteiger partial charge in [-0.3, -0.25) is 9.78 Å². The molecule has 196 valence electrons. The number of methoxy groups -OCH3 is 1. The molecule has 7 heteroatoms. The minimum absolute atomic E-state index is 0.529.